The minimum absolute atomic E-state index is 0.126. The van der Waals surface area contributed by atoms with Gasteiger partial charge in [-0.25, -0.2) is 0 Å². The summed E-state index contributed by atoms with van der Waals surface area (Å²) in [4.78, 5) is 24.4. The Bertz CT molecular complexity index is 841. The number of halogens is 1. The second-order valence-electron chi connectivity index (χ2n) is 6.71. The SMILES string of the molecule is Cc1cc(C)c(NC(=O)CNC(=O)C(C)Oc2ccc(Cl)cc2C)c(C)c1. The largest absolute Gasteiger partial charge is 0.481 e. The lowest BCUT2D eigenvalue weighted by atomic mass is 10.1. The average Bonchev–Trinajstić information content (AvgIpc) is 2.58. The molecule has 2 aromatic rings. The number of rotatable bonds is 6. The van der Waals surface area contributed by atoms with Crippen LogP contribution in [0, 0.1) is 27.7 Å². The van der Waals surface area contributed by atoms with Gasteiger partial charge in [-0.3, -0.25) is 9.59 Å². The number of aryl methyl sites for hydroxylation is 4. The zero-order valence-corrected chi connectivity index (χ0v) is 17.0. The van der Waals surface area contributed by atoms with Crippen molar-refractivity contribution >= 4 is 29.1 Å². The molecule has 2 rings (SSSR count). The zero-order chi connectivity index (χ0) is 20.1. The number of hydrogen-bond acceptors (Lipinski definition) is 3. The van der Waals surface area contributed by atoms with E-state index in [-0.39, 0.29) is 18.4 Å². The van der Waals surface area contributed by atoms with Gasteiger partial charge in [0.05, 0.1) is 6.54 Å². The van der Waals surface area contributed by atoms with Crippen LogP contribution in [0.15, 0.2) is 30.3 Å². The highest BCUT2D eigenvalue weighted by Gasteiger charge is 2.17. The Kier molecular flexibility index (Phi) is 6.86. The van der Waals surface area contributed by atoms with E-state index in [0.29, 0.717) is 10.8 Å². The smallest absolute Gasteiger partial charge is 0.261 e. The molecule has 2 aromatic carbocycles. The molecule has 0 saturated heterocycles. The topological polar surface area (TPSA) is 67.4 Å². The molecule has 0 spiro atoms. The maximum atomic E-state index is 12.2. The number of amides is 2. The van der Waals surface area contributed by atoms with E-state index in [4.69, 9.17) is 16.3 Å². The molecule has 0 radical (unpaired) electrons. The van der Waals surface area contributed by atoms with Crippen LogP contribution in [0.1, 0.15) is 29.2 Å². The van der Waals surface area contributed by atoms with Crippen LogP contribution in [-0.4, -0.2) is 24.5 Å². The van der Waals surface area contributed by atoms with Crippen LogP contribution < -0.4 is 15.4 Å². The molecule has 0 heterocycles. The highest BCUT2D eigenvalue weighted by Crippen LogP contribution is 2.23. The first kappa shape index (κ1) is 20.8. The summed E-state index contributed by atoms with van der Waals surface area (Å²) in [5.74, 6) is -0.0671. The van der Waals surface area contributed by atoms with Gasteiger partial charge >= 0.3 is 0 Å². The standard InChI is InChI=1S/C21H25ClN2O3/c1-12-8-14(3)20(15(4)9-12)24-19(25)11-23-21(26)16(5)27-18-7-6-17(22)10-13(18)2/h6-10,16H,11H2,1-5H3,(H,23,26)(H,24,25). The van der Waals surface area contributed by atoms with Gasteiger partial charge in [-0.05, 0) is 69.5 Å². The third-order valence-electron chi connectivity index (χ3n) is 4.17. The lowest BCUT2D eigenvalue weighted by Crippen LogP contribution is -2.40. The summed E-state index contributed by atoms with van der Waals surface area (Å²) in [6, 6.07) is 9.20. The van der Waals surface area contributed by atoms with Crippen LogP contribution in [0.4, 0.5) is 5.69 Å². The lowest BCUT2D eigenvalue weighted by molar-refractivity contribution is -0.129. The fourth-order valence-corrected chi connectivity index (χ4v) is 3.09. The van der Waals surface area contributed by atoms with E-state index in [1.54, 1.807) is 25.1 Å². The summed E-state index contributed by atoms with van der Waals surface area (Å²) < 4.78 is 5.66. The summed E-state index contributed by atoms with van der Waals surface area (Å²) in [6.07, 6.45) is -0.736. The van der Waals surface area contributed by atoms with Crippen LogP contribution in [0.5, 0.6) is 5.75 Å². The molecule has 1 atom stereocenters. The van der Waals surface area contributed by atoms with Crippen molar-refractivity contribution in [2.75, 3.05) is 11.9 Å². The number of carbonyl (C=O) groups excluding carboxylic acids is 2. The number of ether oxygens (including phenoxy) is 1. The van der Waals surface area contributed by atoms with Gasteiger partial charge in [0.15, 0.2) is 6.10 Å². The van der Waals surface area contributed by atoms with E-state index in [0.717, 1.165) is 27.9 Å². The molecule has 0 fully saturated rings. The molecule has 27 heavy (non-hydrogen) atoms. The molecule has 0 aromatic heterocycles. The number of anilines is 1. The molecule has 1 unspecified atom stereocenters. The molecule has 144 valence electrons. The Hall–Kier alpha value is -2.53. The van der Waals surface area contributed by atoms with E-state index >= 15 is 0 Å². The fourth-order valence-electron chi connectivity index (χ4n) is 2.86. The number of hydrogen-bond donors (Lipinski definition) is 2. The molecule has 0 bridgehead atoms. The Morgan fingerprint density at radius 3 is 2.26 bits per heavy atom. The molecule has 0 aliphatic carbocycles. The van der Waals surface area contributed by atoms with Gasteiger partial charge < -0.3 is 15.4 Å². The summed E-state index contributed by atoms with van der Waals surface area (Å²) in [6.45, 7) is 9.26. The maximum absolute atomic E-state index is 12.2. The predicted octanol–water partition coefficient (Wildman–Crippen LogP) is 4.10. The molecule has 0 aliphatic rings. The van der Waals surface area contributed by atoms with Gasteiger partial charge in [0.2, 0.25) is 5.91 Å². The fraction of sp³-hybridized carbons (Fsp3) is 0.333. The van der Waals surface area contributed by atoms with Crippen molar-refractivity contribution in [3.05, 3.63) is 57.6 Å². The van der Waals surface area contributed by atoms with Crippen LogP contribution in [-0.2, 0) is 9.59 Å². The normalized spacial score (nSPS) is 11.6. The molecule has 0 aliphatic heterocycles. The van der Waals surface area contributed by atoms with Crippen molar-refractivity contribution in [3.63, 3.8) is 0 Å². The van der Waals surface area contributed by atoms with Gasteiger partial charge in [-0.2, -0.15) is 0 Å². The van der Waals surface area contributed by atoms with Crippen LogP contribution in [0.3, 0.4) is 0 Å². The summed E-state index contributed by atoms with van der Waals surface area (Å²) in [7, 11) is 0. The second-order valence-corrected chi connectivity index (χ2v) is 7.15. The number of carbonyl (C=O) groups is 2. The second kappa shape index (κ2) is 8.91. The van der Waals surface area contributed by atoms with E-state index in [1.165, 1.54) is 0 Å². The molecule has 2 N–H and O–H groups in total. The van der Waals surface area contributed by atoms with E-state index in [1.807, 2.05) is 39.8 Å². The Labute approximate surface area is 165 Å². The first-order chi connectivity index (χ1) is 12.7. The van der Waals surface area contributed by atoms with E-state index < -0.39 is 6.10 Å². The molecule has 2 amide bonds. The van der Waals surface area contributed by atoms with Crippen LogP contribution in [0.2, 0.25) is 5.02 Å². The van der Waals surface area contributed by atoms with Crippen molar-refractivity contribution in [2.45, 2.75) is 40.7 Å². The minimum atomic E-state index is -0.736. The summed E-state index contributed by atoms with van der Waals surface area (Å²) in [5, 5.41) is 6.06. The first-order valence-corrected chi connectivity index (χ1v) is 9.13. The number of nitrogens with one attached hydrogen (secondary N) is 2. The van der Waals surface area contributed by atoms with Crippen LogP contribution >= 0.6 is 11.6 Å². The molecule has 5 nitrogen and oxygen atoms in total. The highest BCUT2D eigenvalue weighted by atomic mass is 35.5. The minimum Gasteiger partial charge on any atom is -0.481 e. The average molecular weight is 389 g/mol. The van der Waals surface area contributed by atoms with Crippen LogP contribution in [0.25, 0.3) is 0 Å². The van der Waals surface area contributed by atoms with Gasteiger partial charge in [-0.1, -0.05) is 29.3 Å². The van der Waals surface area contributed by atoms with E-state index in [9.17, 15) is 9.59 Å². The number of benzene rings is 2. The lowest BCUT2D eigenvalue weighted by Gasteiger charge is -2.17. The first-order valence-electron chi connectivity index (χ1n) is 8.75. The van der Waals surface area contributed by atoms with Crippen molar-refractivity contribution in [3.8, 4) is 5.75 Å². The third kappa shape index (κ3) is 5.73. The third-order valence-corrected chi connectivity index (χ3v) is 4.41. The Morgan fingerprint density at radius 1 is 1.04 bits per heavy atom. The van der Waals surface area contributed by atoms with Crippen molar-refractivity contribution in [2.24, 2.45) is 0 Å². The Balaban J connectivity index is 1.90. The molecule has 6 heteroatoms. The zero-order valence-electron chi connectivity index (χ0n) is 16.3. The highest BCUT2D eigenvalue weighted by molar-refractivity contribution is 6.30. The van der Waals surface area contributed by atoms with Crippen molar-refractivity contribution in [1.82, 2.24) is 5.32 Å². The molecular weight excluding hydrogens is 364 g/mol. The van der Waals surface area contributed by atoms with E-state index in [2.05, 4.69) is 10.6 Å². The van der Waals surface area contributed by atoms with Gasteiger partial charge in [0.25, 0.3) is 5.91 Å². The maximum Gasteiger partial charge on any atom is 0.261 e. The van der Waals surface area contributed by atoms with Gasteiger partial charge in [0, 0.05) is 10.7 Å². The quantitative estimate of drug-likeness (QED) is 0.782. The summed E-state index contributed by atoms with van der Waals surface area (Å²) in [5.41, 5.74) is 4.73. The van der Waals surface area contributed by atoms with Crippen molar-refractivity contribution < 1.29 is 14.3 Å². The van der Waals surface area contributed by atoms with Gasteiger partial charge in [0.1, 0.15) is 5.75 Å². The summed E-state index contributed by atoms with van der Waals surface area (Å²) >= 11 is 5.92. The van der Waals surface area contributed by atoms with Gasteiger partial charge in [-0.15, -0.1) is 0 Å². The van der Waals surface area contributed by atoms with Crippen molar-refractivity contribution in [1.29, 1.82) is 0 Å². The predicted molar refractivity (Wildman–Crippen MR) is 109 cm³/mol. The Morgan fingerprint density at radius 2 is 1.67 bits per heavy atom. The molecule has 0 saturated carbocycles. The molecular formula is C21H25ClN2O3. The monoisotopic (exact) mass is 388 g/mol.